The maximum atomic E-state index is 12.4. The van der Waals surface area contributed by atoms with Crippen LogP contribution in [0.4, 0.5) is 4.79 Å². The molecule has 4 rings (SSSR count). The van der Waals surface area contributed by atoms with Crippen molar-refractivity contribution in [1.29, 1.82) is 0 Å². The SMILES string of the molecule is Cl.O=C(Oc1ccc(Cl)cc1)N1CCC(Sc2ccc(CN3CCCCC3)cc2)CC1. The number of carbonyl (C=O) groups is 1. The van der Waals surface area contributed by atoms with Crippen LogP contribution in [0.3, 0.4) is 0 Å². The normalized spacial score (nSPS) is 17.8. The minimum Gasteiger partial charge on any atom is -0.410 e. The summed E-state index contributed by atoms with van der Waals surface area (Å²) in [7, 11) is 0. The van der Waals surface area contributed by atoms with Crippen molar-refractivity contribution in [2.24, 2.45) is 0 Å². The number of nitrogens with zero attached hydrogens (tertiary/aromatic N) is 2. The second-order valence-corrected chi connectivity index (χ2v) is 9.92. The standard InChI is InChI=1S/C24H29ClN2O2S.ClH/c25-20-6-8-21(9-7-20)29-24(28)27-16-12-23(13-17-27)30-22-10-4-19(5-11-22)18-26-14-2-1-3-15-26;/h4-11,23H,1-3,12-18H2;1H. The topological polar surface area (TPSA) is 32.8 Å². The third-order valence-corrected chi connectivity index (χ3v) is 7.40. The van der Waals surface area contributed by atoms with Gasteiger partial charge >= 0.3 is 6.09 Å². The molecule has 0 N–H and O–H groups in total. The molecule has 0 saturated carbocycles. The Morgan fingerprint density at radius 1 is 0.935 bits per heavy atom. The van der Waals surface area contributed by atoms with Crippen LogP contribution < -0.4 is 4.74 Å². The molecule has 0 bridgehead atoms. The maximum Gasteiger partial charge on any atom is 0.415 e. The predicted molar refractivity (Wildman–Crippen MR) is 131 cm³/mol. The summed E-state index contributed by atoms with van der Waals surface area (Å²) in [6.45, 7) is 5.00. The lowest BCUT2D eigenvalue weighted by Crippen LogP contribution is -2.40. The minimum atomic E-state index is -0.275. The lowest BCUT2D eigenvalue weighted by molar-refractivity contribution is 0.143. The van der Waals surface area contributed by atoms with Crippen molar-refractivity contribution in [3.8, 4) is 5.75 Å². The van der Waals surface area contributed by atoms with Crippen LogP contribution in [-0.2, 0) is 6.54 Å². The number of ether oxygens (including phenoxy) is 1. The smallest absolute Gasteiger partial charge is 0.410 e. The number of likely N-dealkylation sites (tertiary alicyclic amines) is 2. The molecule has 1 amide bonds. The summed E-state index contributed by atoms with van der Waals surface area (Å²) in [5, 5.41) is 1.17. The van der Waals surface area contributed by atoms with Gasteiger partial charge in [-0.05, 0) is 80.7 Å². The molecule has 31 heavy (non-hydrogen) atoms. The van der Waals surface area contributed by atoms with Crippen LogP contribution in [0, 0.1) is 0 Å². The number of rotatable bonds is 5. The van der Waals surface area contributed by atoms with Crippen molar-refractivity contribution in [3.05, 3.63) is 59.1 Å². The van der Waals surface area contributed by atoms with E-state index in [0.29, 0.717) is 16.0 Å². The molecule has 2 fully saturated rings. The highest BCUT2D eigenvalue weighted by molar-refractivity contribution is 8.00. The molecule has 0 radical (unpaired) electrons. The minimum absolute atomic E-state index is 0. The first-order valence-electron chi connectivity index (χ1n) is 10.9. The Balaban J connectivity index is 0.00000272. The van der Waals surface area contributed by atoms with E-state index in [-0.39, 0.29) is 18.5 Å². The largest absolute Gasteiger partial charge is 0.415 e. The fourth-order valence-corrected chi connectivity index (χ4v) is 5.32. The second-order valence-electron chi connectivity index (χ2n) is 8.11. The van der Waals surface area contributed by atoms with Crippen molar-refractivity contribution < 1.29 is 9.53 Å². The molecule has 0 aliphatic carbocycles. The molecule has 2 aliphatic heterocycles. The average Bonchev–Trinajstić information content (AvgIpc) is 2.78. The van der Waals surface area contributed by atoms with Crippen LogP contribution in [0.25, 0.3) is 0 Å². The molecule has 0 aromatic heterocycles. The Bertz CT molecular complexity index is 818. The first kappa shape index (κ1) is 24.2. The van der Waals surface area contributed by atoms with Gasteiger partial charge in [-0.25, -0.2) is 4.79 Å². The quantitative estimate of drug-likeness (QED) is 0.488. The van der Waals surface area contributed by atoms with Crippen molar-refractivity contribution in [2.75, 3.05) is 26.2 Å². The van der Waals surface area contributed by atoms with E-state index in [9.17, 15) is 4.79 Å². The van der Waals surface area contributed by atoms with Gasteiger partial charge in [0.15, 0.2) is 0 Å². The molecule has 0 atom stereocenters. The first-order chi connectivity index (χ1) is 14.7. The van der Waals surface area contributed by atoms with Gasteiger partial charge in [-0.3, -0.25) is 4.90 Å². The van der Waals surface area contributed by atoms with E-state index < -0.39 is 0 Å². The zero-order valence-electron chi connectivity index (χ0n) is 17.7. The van der Waals surface area contributed by atoms with Crippen molar-refractivity contribution in [1.82, 2.24) is 9.80 Å². The third kappa shape index (κ3) is 7.31. The fourth-order valence-electron chi connectivity index (χ4n) is 4.07. The van der Waals surface area contributed by atoms with Crippen molar-refractivity contribution in [3.63, 3.8) is 0 Å². The predicted octanol–water partition coefficient (Wildman–Crippen LogP) is 6.50. The van der Waals surface area contributed by atoms with Crippen LogP contribution >= 0.6 is 35.8 Å². The number of piperidine rings is 2. The van der Waals surface area contributed by atoms with Crippen LogP contribution in [0.1, 0.15) is 37.7 Å². The molecule has 7 heteroatoms. The van der Waals surface area contributed by atoms with Crippen molar-refractivity contribution >= 4 is 41.9 Å². The van der Waals surface area contributed by atoms with Gasteiger partial charge in [0.25, 0.3) is 0 Å². The van der Waals surface area contributed by atoms with E-state index in [0.717, 1.165) is 32.5 Å². The molecule has 0 spiro atoms. The Kier molecular flexibility index (Phi) is 9.39. The Morgan fingerprint density at radius 3 is 2.23 bits per heavy atom. The molecule has 4 nitrogen and oxygen atoms in total. The number of amides is 1. The van der Waals surface area contributed by atoms with Crippen LogP contribution in [-0.4, -0.2) is 47.3 Å². The number of hydrogen-bond acceptors (Lipinski definition) is 4. The molecule has 2 aromatic rings. The number of hydrogen-bond donors (Lipinski definition) is 0. The Labute approximate surface area is 200 Å². The summed E-state index contributed by atoms with van der Waals surface area (Å²) in [5.41, 5.74) is 1.40. The highest BCUT2D eigenvalue weighted by Crippen LogP contribution is 2.31. The Hall–Kier alpha value is -1.40. The van der Waals surface area contributed by atoms with Crippen molar-refractivity contribution in [2.45, 2.75) is 48.8 Å². The van der Waals surface area contributed by atoms with E-state index >= 15 is 0 Å². The molecule has 2 aliphatic rings. The molecule has 0 unspecified atom stereocenters. The van der Waals surface area contributed by atoms with E-state index in [1.165, 1.54) is 42.8 Å². The number of thioether (sulfide) groups is 1. The zero-order valence-corrected chi connectivity index (χ0v) is 20.1. The summed E-state index contributed by atoms with van der Waals surface area (Å²) >= 11 is 7.81. The zero-order chi connectivity index (χ0) is 20.8. The van der Waals surface area contributed by atoms with Gasteiger partial charge in [0.1, 0.15) is 5.75 Å². The van der Waals surface area contributed by atoms with Crippen LogP contribution in [0.5, 0.6) is 5.75 Å². The average molecular weight is 481 g/mol. The number of halogens is 2. The summed E-state index contributed by atoms with van der Waals surface area (Å²) in [6.07, 6.45) is 5.73. The molecule has 2 heterocycles. The summed E-state index contributed by atoms with van der Waals surface area (Å²) in [4.78, 5) is 18.1. The highest BCUT2D eigenvalue weighted by Gasteiger charge is 2.24. The van der Waals surface area contributed by atoms with Gasteiger partial charge in [0.05, 0.1) is 0 Å². The van der Waals surface area contributed by atoms with E-state index in [2.05, 4.69) is 29.2 Å². The van der Waals surface area contributed by atoms with Gasteiger partial charge in [-0.15, -0.1) is 24.2 Å². The molecule has 2 aromatic carbocycles. The van der Waals surface area contributed by atoms with Gasteiger partial charge in [-0.1, -0.05) is 30.2 Å². The summed E-state index contributed by atoms with van der Waals surface area (Å²) in [5.74, 6) is 0.533. The summed E-state index contributed by atoms with van der Waals surface area (Å²) < 4.78 is 5.46. The second kappa shape index (κ2) is 12.0. The van der Waals surface area contributed by atoms with Gasteiger partial charge in [0.2, 0.25) is 0 Å². The number of benzene rings is 2. The van der Waals surface area contributed by atoms with Gasteiger partial charge in [-0.2, -0.15) is 0 Å². The van der Waals surface area contributed by atoms with Gasteiger partial charge in [0, 0.05) is 34.8 Å². The van der Waals surface area contributed by atoms with E-state index in [1.54, 1.807) is 29.2 Å². The van der Waals surface area contributed by atoms with Crippen LogP contribution in [0.15, 0.2) is 53.4 Å². The van der Waals surface area contributed by atoms with Crippen LogP contribution in [0.2, 0.25) is 5.02 Å². The highest BCUT2D eigenvalue weighted by atomic mass is 35.5. The van der Waals surface area contributed by atoms with E-state index in [1.807, 2.05) is 11.8 Å². The first-order valence-corrected chi connectivity index (χ1v) is 12.1. The lowest BCUT2D eigenvalue weighted by Gasteiger charge is -2.31. The monoisotopic (exact) mass is 480 g/mol. The fraction of sp³-hybridized carbons (Fsp3) is 0.458. The summed E-state index contributed by atoms with van der Waals surface area (Å²) in [6, 6.07) is 16.0. The van der Waals surface area contributed by atoms with Gasteiger partial charge < -0.3 is 9.64 Å². The number of carbonyl (C=O) groups excluding carboxylic acids is 1. The molecule has 168 valence electrons. The third-order valence-electron chi connectivity index (χ3n) is 5.80. The molecular weight excluding hydrogens is 451 g/mol. The maximum absolute atomic E-state index is 12.4. The van der Waals surface area contributed by atoms with E-state index in [4.69, 9.17) is 16.3 Å². The molecular formula is C24H30Cl2N2O2S. The molecule has 2 saturated heterocycles. The lowest BCUT2D eigenvalue weighted by atomic mass is 10.1. The Morgan fingerprint density at radius 2 is 1.58 bits per heavy atom.